The van der Waals surface area contributed by atoms with Crippen LogP contribution in [0.2, 0.25) is 0 Å². The average Bonchev–Trinajstić information content (AvgIpc) is 3.24. The smallest absolute Gasteiger partial charge is 0.291 e. The van der Waals surface area contributed by atoms with Crippen molar-refractivity contribution >= 4 is 32.6 Å². The topological polar surface area (TPSA) is 61.9 Å². The van der Waals surface area contributed by atoms with Gasteiger partial charge in [-0.25, -0.2) is 9.67 Å². The maximum Gasteiger partial charge on any atom is 0.291 e. The lowest BCUT2D eigenvalue weighted by Crippen LogP contribution is -2.24. The van der Waals surface area contributed by atoms with Crippen LogP contribution in [-0.2, 0) is 13.6 Å². The zero-order chi connectivity index (χ0) is 20.8. The van der Waals surface area contributed by atoms with Gasteiger partial charge in [-0.3, -0.25) is 4.79 Å². The number of methoxy groups -OCH3 is 1. The third-order valence-corrected chi connectivity index (χ3v) is 5.09. The van der Waals surface area contributed by atoms with Gasteiger partial charge in [0.2, 0.25) is 0 Å². The quantitative estimate of drug-likeness (QED) is 0.497. The van der Waals surface area contributed by atoms with Crippen molar-refractivity contribution in [2.24, 2.45) is 7.05 Å². The van der Waals surface area contributed by atoms with Crippen LogP contribution in [0.15, 0.2) is 35.3 Å². The molecule has 150 valence electrons. The van der Waals surface area contributed by atoms with Crippen LogP contribution in [0.25, 0.3) is 21.3 Å². The van der Waals surface area contributed by atoms with Gasteiger partial charge in [0, 0.05) is 12.4 Å². The first-order valence-corrected chi connectivity index (χ1v) is 10.3. The van der Waals surface area contributed by atoms with Gasteiger partial charge in [-0.2, -0.15) is 5.10 Å². The van der Waals surface area contributed by atoms with E-state index in [0.29, 0.717) is 12.1 Å². The van der Waals surface area contributed by atoms with Crippen LogP contribution in [0.4, 0.5) is 0 Å². The van der Waals surface area contributed by atoms with Gasteiger partial charge < -0.3 is 9.30 Å². The average molecular weight is 401 g/mol. The number of thiazole rings is 1. The molecule has 28 heavy (non-hydrogen) atoms. The molecule has 0 fully saturated rings. The van der Waals surface area contributed by atoms with E-state index in [1.807, 2.05) is 70.5 Å². The van der Waals surface area contributed by atoms with Crippen molar-refractivity contribution in [2.75, 3.05) is 7.11 Å². The summed E-state index contributed by atoms with van der Waals surface area (Å²) in [6.45, 7) is 10.4. The Kier molecular flexibility index (Phi) is 7.34. The second-order valence-electron chi connectivity index (χ2n) is 5.67. The number of aryl methyl sites for hydroxylation is 2. The van der Waals surface area contributed by atoms with E-state index in [-0.39, 0.29) is 5.56 Å². The summed E-state index contributed by atoms with van der Waals surface area (Å²) in [7, 11) is 3.50. The molecule has 0 radical (unpaired) electrons. The number of nitrogens with zero attached hydrogens (tertiary/aromatic N) is 4. The molecule has 3 heterocycles. The van der Waals surface area contributed by atoms with E-state index < -0.39 is 0 Å². The van der Waals surface area contributed by atoms with Crippen LogP contribution in [0.3, 0.4) is 0 Å². The van der Waals surface area contributed by atoms with Crippen LogP contribution in [0.1, 0.15) is 38.3 Å². The highest BCUT2D eigenvalue weighted by atomic mass is 32.1. The molecule has 3 aromatic heterocycles. The van der Waals surface area contributed by atoms with E-state index >= 15 is 0 Å². The van der Waals surface area contributed by atoms with Crippen LogP contribution in [0, 0.1) is 6.92 Å². The third-order valence-electron chi connectivity index (χ3n) is 4.10. The summed E-state index contributed by atoms with van der Waals surface area (Å²) in [4.78, 5) is 17.4. The van der Waals surface area contributed by atoms with Gasteiger partial charge in [0.25, 0.3) is 5.56 Å². The molecule has 7 heteroatoms. The lowest BCUT2D eigenvalue weighted by molar-refractivity contribution is 0.414. The predicted octanol–water partition coefficient (Wildman–Crippen LogP) is 4.76. The second kappa shape index (κ2) is 9.50. The van der Waals surface area contributed by atoms with Crippen molar-refractivity contribution in [2.45, 2.75) is 41.2 Å². The number of ether oxygens (including phenoxy) is 1. The van der Waals surface area contributed by atoms with Crippen molar-refractivity contribution < 1.29 is 4.74 Å². The van der Waals surface area contributed by atoms with Gasteiger partial charge in [-0.05, 0) is 24.6 Å². The lowest BCUT2D eigenvalue weighted by Gasteiger charge is -2.07. The molecule has 0 aliphatic heterocycles. The Hall–Kier alpha value is -2.67. The van der Waals surface area contributed by atoms with Crippen LogP contribution >= 0.6 is 11.3 Å². The number of hydrogen-bond acceptors (Lipinski definition) is 5. The minimum Gasteiger partial charge on any atom is -0.497 e. The summed E-state index contributed by atoms with van der Waals surface area (Å²) < 4.78 is 9.59. The molecule has 0 atom stereocenters. The first-order valence-electron chi connectivity index (χ1n) is 9.53. The summed E-state index contributed by atoms with van der Waals surface area (Å²) in [5, 5.41) is 6.21. The van der Waals surface area contributed by atoms with Crippen LogP contribution in [0.5, 0.6) is 5.75 Å². The van der Waals surface area contributed by atoms with Gasteiger partial charge in [-0.1, -0.05) is 39.8 Å². The van der Waals surface area contributed by atoms with E-state index in [9.17, 15) is 4.79 Å². The summed E-state index contributed by atoms with van der Waals surface area (Å²) in [5.41, 5.74) is 2.33. The normalized spacial score (nSPS) is 10.2. The fourth-order valence-corrected chi connectivity index (χ4v) is 3.91. The predicted molar refractivity (Wildman–Crippen MR) is 118 cm³/mol. The van der Waals surface area contributed by atoms with E-state index in [2.05, 4.69) is 10.1 Å². The summed E-state index contributed by atoms with van der Waals surface area (Å²) in [6, 6.07) is 7.65. The molecular formula is C21H28N4O2S. The Morgan fingerprint density at radius 1 is 1.18 bits per heavy atom. The van der Waals surface area contributed by atoms with Gasteiger partial charge in [0.1, 0.15) is 11.3 Å². The zero-order valence-corrected chi connectivity index (χ0v) is 18.4. The summed E-state index contributed by atoms with van der Waals surface area (Å²) >= 11 is 1.59. The highest BCUT2D eigenvalue weighted by Crippen LogP contribution is 2.30. The standard InChI is InChI=1S/C17H16N4O2S.2C2H6/c1-10-19-16-15(24-10)13-8-18-21(17(22)14(13)20(16)2)9-11-5-4-6-12(7-11)23-3;2*1-2/h4-8H,9H2,1-3H3;2*1-2H3. The first kappa shape index (κ1) is 21.6. The monoisotopic (exact) mass is 400 g/mol. The Morgan fingerprint density at radius 3 is 2.57 bits per heavy atom. The van der Waals surface area contributed by atoms with Crippen molar-refractivity contribution in [3.05, 3.63) is 51.4 Å². The molecule has 0 spiro atoms. The van der Waals surface area contributed by atoms with Crippen LogP contribution < -0.4 is 10.3 Å². The number of aromatic nitrogens is 4. The Labute approximate surface area is 169 Å². The molecule has 4 rings (SSSR count). The van der Waals surface area contributed by atoms with E-state index in [1.54, 1.807) is 24.6 Å². The molecule has 0 amide bonds. The van der Waals surface area contributed by atoms with Gasteiger partial charge >= 0.3 is 0 Å². The first-order chi connectivity index (χ1) is 13.6. The van der Waals surface area contributed by atoms with E-state index in [0.717, 1.165) is 32.1 Å². The molecule has 0 aliphatic rings. The lowest BCUT2D eigenvalue weighted by atomic mass is 10.2. The SMILES string of the molecule is CC.CC.COc1cccc(Cn2ncc3c4sc(C)nc4n(C)c3c2=O)c1. The molecule has 0 unspecified atom stereocenters. The molecule has 0 bridgehead atoms. The largest absolute Gasteiger partial charge is 0.497 e. The minimum atomic E-state index is -0.110. The zero-order valence-electron chi connectivity index (χ0n) is 17.6. The van der Waals surface area contributed by atoms with Crippen molar-refractivity contribution in [3.63, 3.8) is 0 Å². The van der Waals surface area contributed by atoms with Gasteiger partial charge in [0.15, 0.2) is 5.65 Å². The molecule has 4 aromatic rings. The fraction of sp³-hybridized carbons (Fsp3) is 0.381. The molecule has 6 nitrogen and oxygen atoms in total. The fourth-order valence-electron chi connectivity index (χ4n) is 2.95. The molecule has 1 aromatic carbocycles. The minimum absolute atomic E-state index is 0.110. The van der Waals surface area contributed by atoms with Crippen molar-refractivity contribution in [1.29, 1.82) is 0 Å². The summed E-state index contributed by atoms with van der Waals surface area (Å²) in [5.74, 6) is 0.765. The van der Waals surface area contributed by atoms with Gasteiger partial charge in [0.05, 0.1) is 29.6 Å². The van der Waals surface area contributed by atoms with E-state index in [4.69, 9.17) is 4.74 Å². The molecular weight excluding hydrogens is 372 g/mol. The highest BCUT2D eigenvalue weighted by Gasteiger charge is 2.17. The molecule has 0 saturated heterocycles. The molecule has 0 saturated carbocycles. The second-order valence-corrected chi connectivity index (χ2v) is 6.87. The maximum atomic E-state index is 12.9. The molecule has 0 aliphatic carbocycles. The van der Waals surface area contributed by atoms with Crippen LogP contribution in [-0.4, -0.2) is 26.4 Å². The van der Waals surface area contributed by atoms with Gasteiger partial charge in [-0.15, -0.1) is 11.3 Å². The van der Waals surface area contributed by atoms with E-state index in [1.165, 1.54) is 4.68 Å². The van der Waals surface area contributed by atoms with Crippen molar-refractivity contribution in [3.8, 4) is 5.75 Å². The highest BCUT2D eigenvalue weighted by molar-refractivity contribution is 7.19. The van der Waals surface area contributed by atoms with Crippen molar-refractivity contribution in [1.82, 2.24) is 19.3 Å². The molecule has 0 N–H and O–H groups in total. The third kappa shape index (κ3) is 3.94. The Balaban J connectivity index is 0.000000660. The number of benzene rings is 1. The maximum absolute atomic E-state index is 12.9. The Morgan fingerprint density at radius 2 is 1.89 bits per heavy atom. The summed E-state index contributed by atoms with van der Waals surface area (Å²) in [6.07, 6.45) is 1.76. The number of rotatable bonds is 3. The Bertz CT molecular complexity index is 1120. The number of hydrogen-bond donors (Lipinski definition) is 0. The number of fused-ring (bicyclic) bond motifs is 3.